The van der Waals surface area contributed by atoms with Gasteiger partial charge in [-0.25, -0.2) is 9.97 Å². The van der Waals surface area contributed by atoms with E-state index in [9.17, 15) is 9.59 Å². The third kappa shape index (κ3) is 4.75. The number of carbonyl (C=O) groups is 2. The molecular formula is C18H22N6O2. The summed E-state index contributed by atoms with van der Waals surface area (Å²) in [4.78, 5) is 38.1. The van der Waals surface area contributed by atoms with Crippen LogP contribution in [0.1, 0.15) is 35.7 Å². The van der Waals surface area contributed by atoms with Crippen LogP contribution < -0.4 is 10.6 Å². The first-order valence-electron chi connectivity index (χ1n) is 8.63. The average molecular weight is 354 g/mol. The summed E-state index contributed by atoms with van der Waals surface area (Å²) in [5, 5.41) is 5.98. The molecule has 0 spiro atoms. The second kappa shape index (κ2) is 8.37. The van der Waals surface area contributed by atoms with Crippen LogP contribution >= 0.6 is 0 Å². The highest BCUT2D eigenvalue weighted by atomic mass is 16.2. The summed E-state index contributed by atoms with van der Waals surface area (Å²) in [6, 6.07) is 3.83. The van der Waals surface area contributed by atoms with E-state index in [1.54, 1.807) is 17.3 Å². The lowest BCUT2D eigenvalue weighted by atomic mass is 10.0. The van der Waals surface area contributed by atoms with E-state index < -0.39 is 0 Å². The highest BCUT2D eigenvalue weighted by Crippen LogP contribution is 2.14. The number of rotatable bonds is 5. The Labute approximate surface area is 152 Å². The molecule has 0 bridgehead atoms. The standard InChI is InChI=1S/C18H22N6O2/c1-13(25)23-16-5-3-7-24(12-16)17(26)15-10-21-18(22-11-15)20-9-14-4-2-6-19-8-14/h2,4,6,8,10-11,16H,3,5,7,9,12H2,1H3,(H,23,25)(H,20,21,22). The van der Waals surface area contributed by atoms with Gasteiger partial charge in [0.05, 0.1) is 5.56 Å². The molecule has 2 amide bonds. The third-order valence-electron chi connectivity index (χ3n) is 4.19. The van der Waals surface area contributed by atoms with Gasteiger partial charge in [0.15, 0.2) is 0 Å². The van der Waals surface area contributed by atoms with Crippen molar-refractivity contribution in [3.05, 3.63) is 48.0 Å². The van der Waals surface area contributed by atoms with E-state index in [-0.39, 0.29) is 17.9 Å². The average Bonchev–Trinajstić information content (AvgIpc) is 2.67. The van der Waals surface area contributed by atoms with E-state index in [4.69, 9.17) is 0 Å². The molecule has 26 heavy (non-hydrogen) atoms. The number of anilines is 1. The number of pyridine rings is 1. The van der Waals surface area contributed by atoms with E-state index in [0.29, 0.717) is 31.1 Å². The van der Waals surface area contributed by atoms with Gasteiger partial charge >= 0.3 is 0 Å². The van der Waals surface area contributed by atoms with Crippen molar-refractivity contribution in [3.63, 3.8) is 0 Å². The van der Waals surface area contributed by atoms with Gasteiger partial charge in [-0.3, -0.25) is 14.6 Å². The molecule has 2 N–H and O–H groups in total. The van der Waals surface area contributed by atoms with Crippen LogP contribution in [0.4, 0.5) is 5.95 Å². The number of hydrogen-bond donors (Lipinski definition) is 2. The van der Waals surface area contributed by atoms with Crippen LogP contribution in [-0.2, 0) is 11.3 Å². The van der Waals surface area contributed by atoms with Gasteiger partial charge < -0.3 is 15.5 Å². The van der Waals surface area contributed by atoms with Gasteiger partial charge in [0.1, 0.15) is 0 Å². The van der Waals surface area contributed by atoms with E-state index in [2.05, 4.69) is 25.6 Å². The van der Waals surface area contributed by atoms with Crippen LogP contribution in [0.15, 0.2) is 36.9 Å². The molecular weight excluding hydrogens is 332 g/mol. The predicted octanol–water partition coefficient (Wildman–Crippen LogP) is 1.22. The second-order valence-electron chi connectivity index (χ2n) is 6.30. The number of amides is 2. The van der Waals surface area contributed by atoms with Gasteiger partial charge in [-0.15, -0.1) is 0 Å². The molecule has 1 aliphatic heterocycles. The smallest absolute Gasteiger partial charge is 0.257 e. The zero-order chi connectivity index (χ0) is 18.4. The Morgan fingerprint density at radius 1 is 1.27 bits per heavy atom. The van der Waals surface area contributed by atoms with E-state index in [0.717, 1.165) is 18.4 Å². The molecule has 3 rings (SSSR count). The number of nitrogens with zero attached hydrogens (tertiary/aromatic N) is 4. The Balaban J connectivity index is 1.57. The van der Waals surface area contributed by atoms with Crippen LogP contribution in [0.25, 0.3) is 0 Å². The summed E-state index contributed by atoms with van der Waals surface area (Å²) in [6.07, 6.45) is 8.30. The minimum absolute atomic E-state index is 0.00606. The molecule has 0 saturated carbocycles. The number of piperidine rings is 1. The largest absolute Gasteiger partial charge is 0.352 e. The Hall–Kier alpha value is -3.03. The first kappa shape index (κ1) is 17.8. The van der Waals surface area contributed by atoms with Crippen molar-refractivity contribution in [2.75, 3.05) is 18.4 Å². The molecule has 2 aromatic rings. The first-order chi connectivity index (χ1) is 12.6. The van der Waals surface area contributed by atoms with Crippen molar-refractivity contribution in [3.8, 4) is 0 Å². The fourth-order valence-corrected chi connectivity index (χ4v) is 2.96. The quantitative estimate of drug-likeness (QED) is 0.837. The summed E-state index contributed by atoms with van der Waals surface area (Å²) in [6.45, 7) is 3.24. The summed E-state index contributed by atoms with van der Waals surface area (Å²) in [5.74, 6) is 0.274. The van der Waals surface area contributed by atoms with Crippen LogP contribution in [0, 0.1) is 0 Å². The molecule has 1 fully saturated rings. The van der Waals surface area contributed by atoms with Crippen molar-refractivity contribution in [2.45, 2.75) is 32.4 Å². The molecule has 2 aromatic heterocycles. The Morgan fingerprint density at radius 3 is 2.77 bits per heavy atom. The molecule has 0 radical (unpaired) electrons. The number of likely N-dealkylation sites (tertiary alicyclic amines) is 1. The van der Waals surface area contributed by atoms with Crippen LogP contribution in [0.5, 0.6) is 0 Å². The zero-order valence-electron chi connectivity index (χ0n) is 14.7. The Morgan fingerprint density at radius 2 is 2.08 bits per heavy atom. The second-order valence-corrected chi connectivity index (χ2v) is 6.30. The van der Waals surface area contributed by atoms with E-state index in [1.807, 2.05) is 12.1 Å². The fraction of sp³-hybridized carbons (Fsp3) is 0.389. The van der Waals surface area contributed by atoms with Crippen molar-refractivity contribution in [2.24, 2.45) is 0 Å². The zero-order valence-corrected chi connectivity index (χ0v) is 14.7. The van der Waals surface area contributed by atoms with Crippen LogP contribution in [0.2, 0.25) is 0 Å². The van der Waals surface area contributed by atoms with Crippen LogP contribution in [-0.4, -0.2) is 50.8 Å². The summed E-state index contributed by atoms with van der Waals surface area (Å²) in [5.41, 5.74) is 1.47. The molecule has 1 saturated heterocycles. The third-order valence-corrected chi connectivity index (χ3v) is 4.19. The molecule has 3 heterocycles. The molecule has 0 aliphatic carbocycles. The Bertz CT molecular complexity index is 750. The molecule has 8 heteroatoms. The number of carbonyl (C=O) groups excluding carboxylic acids is 2. The summed E-state index contributed by atoms with van der Waals surface area (Å²) in [7, 11) is 0. The highest BCUT2D eigenvalue weighted by Gasteiger charge is 2.25. The van der Waals surface area contributed by atoms with E-state index in [1.165, 1.54) is 19.3 Å². The minimum Gasteiger partial charge on any atom is -0.352 e. The lowest BCUT2D eigenvalue weighted by Crippen LogP contribution is -2.49. The summed E-state index contributed by atoms with van der Waals surface area (Å²) < 4.78 is 0. The van der Waals surface area contributed by atoms with Crippen molar-refractivity contribution in [1.82, 2.24) is 25.2 Å². The fourth-order valence-electron chi connectivity index (χ4n) is 2.96. The van der Waals surface area contributed by atoms with Gasteiger partial charge in [-0.1, -0.05) is 6.07 Å². The molecule has 1 atom stereocenters. The van der Waals surface area contributed by atoms with Crippen molar-refractivity contribution < 1.29 is 9.59 Å². The Kier molecular flexibility index (Phi) is 5.73. The lowest BCUT2D eigenvalue weighted by Gasteiger charge is -2.32. The van der Waals surface area contributed by atoms with Gasteiger partial charge in [-0.2, -0.15) is 0 Å². The maximum absolute atomic E-state index is 12.6. The molecule has 136 valence electrons. The number of aromatic nitrogens is 3. The SMILES string of the molecule is CC(=O)NC1CCCN(C(=O)c2cnc(NCc3cccnc3)nc2)C1. The number of nitrogens with one attached hydrogen (secondary N) is 2. The molecule has 8 nitrogen and oxygen atoms in total. The summed E-state index contributed by atoms with van der Waals surface area (Å²) >= 11 is 0. The molecule has 1 unspecified atom stereocenters. The molecule has 1 aliphatic rings. The monoisotopic (exact) mass is 354 g/mol. The van der Waals surface area contributed by atoms with E-state index >= 15 is 0 Å². The molecule has 0 aromatic carbocycles. The number of hydrogen-bond acceptors (Lipinski definition) is 6. The van der Waals surface area contributed by atoms with Gasteiger partial charge in [0.25, 0.3) is 5.91 Å². The van der Waals surface area contributed by atoms with Crippen molar-refractivity contribution in [1.29, 1.82) is 0 Å². The van der Waals surface area contributed by atoms with Gasteiger partial charge in [0.2, 0.25) is 11.9 Å². The van der Waals surface area contributed by atoms with Gasteiger partial charge in [-0.05, 0) is 24.5 Å². The topological polar surface area (TPSA) is 100 Å². The predicted molar refractivity (Wildman–Crippen MR) is 96.3 cm³/mol. The highest BCUT2D eigenvalue weighted by molar-refractivity contribution is 5.93. The minimum atomic E-state index is -0.112. The first-order valence-corrected chi connectivity index (χ1v) is 8.63. The van der Waals surface area contributed by atoms with Crippen LogP contribution in [0.3, 0.4) is 0 Å². The van der Waals surface area contributed by atoms with Crippen molar-refractivity contribution >= 4 is 17.8 Å². The lowest BCUT2D eigenvalue weighted by molar-refractivity contribution is -0.120. The normalized spacial score (nSPS) is 16.8. The van der Waals surface area contributed by atoms with Gasteiger partial charge in [0, 0.05) is 57.4 Å². The maximum Gasteiger partial charge on any atom is 0.257 e. The maximum atomic E-state index is 12.6.